The molecule has 18 heavy (non-hydrogen) atoms. The number of ketones is 1. The normalized spacial score (nSPS) is 36.6. The van der Waals surface area contributed by atoms with E-state index in [1.807, 2.05) is 0 Å². The standard InChI is InChI=1S/C15H25NO2/c1-2-12-11-16(8-4-14(12)17)13-5-9-18-15(10-13)6-3-7-15/h12-13H,2-11H2,1H3. The third-order valence-electron chi connectivity index (χ3n) is 5.30. The first-order valence-electron chi connectivity index (χ1n) is 7.63. The van der Waals surface area contributed by atoms with Crippen LogP contribution in [-0.2, 0) is 9.53 Å². The Bertz CT molecular complexity index is 324. The lowest BCUT2D eigenvalue weighted by Crippen LogP contribution is -2.54. The Labute approximate surface area is 110 Å². The molecule has 0 aromatic carbocycles. The summed E-state index contributed by atoms with van der Waals surface area (Å²) in [6.07, 6.45) is 7.99. The number of piperidine rings is 1. The molecule has 102 valence electrons. The van der Waals surface area contributed by atoms with E-state index in [1.165, 1.54) is 25.7 Å². The maximum absolute atomic E-state index is 11.8. The molecule has 1 spiro atoms. The van der Waals surface area contributed by atoms with Gasteiger partial charge in [0.2, 0.25) is 0 Å². The Morgan fingerprint density at radius 1 is 1.44 bits per heavy atom. The molecule has 0 N–H and O–H groups in total. The third kappa shape index (κ3) is 2.23. The fraction of sp³-hybridized carbons (Fsp3) is 0.933. The Morgan fingerprint density at radius 2 is 2.28 bits per heavy atom. The summed E-state index contributed by atoms with van der Waals surface area (Å²) < 4.78 is 6.00. The highest BCUT2D eigenvalue weighted by Gasteiger charge is 2.44. The molecule has 3 aliphatic rings. The number of rotatable bonds is 2. The molecule has 2 unspecified atom stereocenters. The van der Waals surface area contributed by atoms with Crippen LogP contribution >= 0.6 is 0 Å². The number of hydrogen-bond donors (Lipinski definition) is 0. The van der Waals surface area contributed by atoms with Gasteiger partial charge >= 0.3 is 0 Å². The summed E-state index contributed by atoms with van der Waals surface area (Å²) in [4.78, 5) is 14.4. The van der Waals surface area contributed by atoms with Crippen molar-refractivity contribution >= 4 is 5.78 Å². The summed E-state index contributed by atoms with van der Waals surface area (Å²) in [5.74, 6) is 0.776. The number of nitrogens with zero attached hydrogens (tertiary/aromatic N) is 1. The van der Waals surface area contributed by atoms with E-state index in [1.54, 1.807) is 0 Å². The number of likely N-dealkylation sites (tertiary alicyclic amines) is 1. The van der Waals surface area contributed by atoms with Gasteiger partial charge in [-0.25, -0.2) is 0 Å². The van der Waals surface area contributed by atoms with Crippen molar-refractivity contribution in [2.75, 3.05) is 19.7 Å². The van der Waals surface area contributed by atoms with Gasteiger partial charge < -0.3 is 4.74 Å². The molecule has 3 heteroatoms. The predicted octanol–water partition coefficient (Wildman–Crippen LogP) is 2.39. The zero-order valence-electron chi connectivity index (χ0n) is 11.5. The van der Waals surface area contributed by atoms with Crippen molar-refractivity contribution < 1.29 is 9.53 Å². The highest BCUT2D eigenvalue weighted by Crippen LogP contribution is 2.43. The van der Waals surface area contributed by atoms with E-state index in [4.69, 9.17) is 4.74 Å². The van der Waals surface area contributed by atoms with Crippen LogP contribution in [-0.4, -0.2) is 42.0 Å². The first-order chi connectivity index (χ1) is 8.72. The quantitative estimate of drug-likeness (QED) is 0.754. The maximum atomic E-state index is 11.8. The minimum absolute atomic E-state index is 0.228. The van der Waals surface area contributed by atoms with Crippen LogP contribution in [0.15, 0.2) is 0 Å². The van der Waals surface area contributed by atoms with Gasteiger partial charge in [0.05, 0.1) is 5.60 Å². The predicted molar refractivity (Wildman–Crippen MR) is 70.5 cm³/mol. The van der Waals surface area contributed by atoms with Gasteiger partial charge in [-0.1, -0.05) is 6.92 Å². The molecule has 3 fully saturated rings. The highest BCUT2D eigenvalue weighted by atomic mass is 16.5. The van der Waals surface area contributed by atoms with Gasteiger partial charge in [-0.15, -0.1) is 0 Å². The molecule has 0 amide bonds. The minimum atomic E-state index is 0.228. The van der Waals surface area contributed by atoms with E-state index in [-0.39, 0.29) is 5.60 Å². The van der Waals surface area contributed by atoms with Crippen molar-refractivity contribution in [2.45, 2.75) is 63.5 Å². The van der Waals surface area contributed by atoms with Crippen LogP contribution in [0.3, 0.4) is 0 Å². The molecular formula is C15H25NO2. The van der Waals surface area contributed by atoms with E-state index in [2.05, 4.69) is 11.8 Å². The molecule has 3 nitrogen and oxygen atoms in total. The van der Waals surface area contributed by atoms with Crippen LogP contribution < -0.4 is 0 Å². The monoisotopic (exact) mass is 251 g/mol. The van der Waals surface area contributed by atoms with Gasteiger partial charge in [-0.2, -0.15) is 0 Å². The second-order valence-corrected chi connectivity index (χ2v) is 6.35. The molecule has 2 heterocycles. The summed E-state index contributed by atoms with van der Waals surface area (Å²) in [6.45, 7) is 5.04. The smallest absolute Gasteiger partial charge is 0.138 e. The van der Waals surface area contributed by atoms with E-state index in [0.717, 1.165) is 39.0 Å². The van der Waals surface area contributed by atoms with E-state index >= 15 is 0 Å². The number of carbonyl (C=O) groups is 1. The van der Waals surface area contributed by atoms with Gasteiger partial charge in [0.1, 0.15) is 5.78 Å². The van der Waals surface area contributed by atoms with Crippen LogP contribution in [0.2, 0.25) is 0 Å². The molecule has 0 aromatic heterocycles. The van der Waals surface area contributed by atoms with Crippen molar-refractivity contribution in [1.29, 1.82) is 0 Å². The average molecular weight is 251 g/mol. The van der Waals surface area contributed by atoms with Gasteiger partial charge in [0, 0.05) is 38.1 Å². The molecule has 3 rings (SSSR count). The number of Topliss-reactive ketones (excluding diaryl/α,β-unsaturated/α-hetero) is 1. The van der Waals surface area contributed by atoms with Gasteiger partial charge in [-0.3, -0.25) is 9.69 Å². The Balaban J connectivity index is 1.62. The Hall–Kier alpha value is -0.410. The topological polar surface area (TPSA) is 29.5 Å². The van der Waals surface area contributed by atoms with Crippen LogP contribution in [0, 0.1) is 5.92 Å². The van der Waals surface area contributed by atoms with E-state index in [9.17, 15) is 4.79 Å². The largest absolute Gasteiger partial charge is 0.375 e. The summed E-state index contributed by atoms with van der Waals surface area (Å²) in [5.41, 5.74) is 0.228. The summed E-state index contributed by atoms with van der Waals surface area (Å²) in [7, 11) is 0. The third-order valence-corrected chi connectivity index (χ3v) is 5.30. The van der Waals surface area contributed by atoms with Crippen LogP contribution in [0.1, 0.15) is 51.9 Å². The lowest BCUT2D eigenvalue weighted by molar-refractivity contribution is -0.153. The average Bonchev–Trinajstić information content (AvgIpc) is 2.37. The maximum Gasteiger partial charge on any atom is 0.138 e. The molecule has 2 aliphatic heterocycles. The van der Waals surface area contributed by atoms with Crippen molar-refractivity contribution in [1.82, 2.24) is 4.90 Å². The van der Waals surface area contributed by atoms with Crippen molar-refractivity contribution in [3.8, 4) is 0 Å². The second-order valence-electron chi connectivity index (χ2n) is 6.35. The molecule has 2 atom stereocenters. The van der Waals surface area contributed by atoms with Crippen LogP contribution in [0.25, 0.3) is 0 Å². The SMILES string of the molecule is CCC1CN(C2CCOC3(CCC3)C2)CCC1=O. The molecular weight excluding hydrogens is 226 g/mol. The first kappa shape index (κ1) is 12.6. The van der Waals surface area contributed by atoms with Crippen molar-refractivity contribution in [3.63, 3.8) is 0 Å². The van der Waals surface area contributed by atoms with Gasteiger partial charge in [-0.05, 0) is 38.5 Å². The molecule has 1 aliphatic carbocycles. The van der Waals surface area contributed by atoms with Crippen LogP contribution in [0.4, 0.5) is 0 Å². The molecule has 2 saturated heterocycles. The van der Waals surface area contributed by atoms with E-state index < -0.39 is 0 Å². The van der Waals surface area contributed by atoms with Gasteiger partial charge in [0.15, 0.2) is 0 Å². The number of carbonyl (C=O) groups excluding carboxylic acids is 1. The lowest BCUT2D eigenvalue weighted by atomic mass is 9.73. The van der Waals surface area contributed by atoms with Crippen LogP contribution in [0.5, 0.6) is 0 Å². The zero-order chi connectivity index (χ0) is 12.6. The lowest BCUT2D eigenvalue weighted by Gasteiger charge is -2.50. The number of hydrogen-bond acceptors (Lipinski definition) is 3. The summed E-state index contributed by atoms with van der Waals surface area (Å²) in [5, 5.41) is 0. The first-order valence-corrected chi connectivity index (χ1v) is 7.63. The summed E-state index contributed by atoms with van der Waals surface area (Å²) >= 11 is 0. The Morgan fingerprint density at radius 3 is 2.94 bits per heavy atom. The fourth-order valence-electron chi connectivity index (χ4n) is 3.86. The molecule has 0 bridgehead atoms. The summed E-state index contributed by atoms with van der Waals surface area (Å²) in [6, 6.07) is 0.668. The number of ether oxygens (including phenoxy) is 1. The molecule has 1 saturated carbocycles. The van der Waals surface area contributed by atoms with Crippen molar-refractivity contribution in [3.05, 3.63) is 0 Å². The van der Waals surface area contributed by atoms with Crippen molar-refractivity contribution in [2.24, 2.45) is 5.92 Å². The zero-order valence-corrected chi connectivity index (χ0v) is 11.5. The highest BCUT2D eigenvalue weighted by molar-refractivity contribution is 5.82. The van der Waals surface area contributed by atoms with E-state index in [0.29, 0.717) is 17.7 Å². The molecule has 0 aromatic rings. The molecule has 0 radical (unpaired) electrons. The fourth-order valence-corrected chi connectivity index (χ4v) is 3.86. The minimum Gasteiger partial charge on any atom is -0.375 e. The van der Waals surface area contributed by atoms with Gasteiger partial charge in [0.25, 0.3) is 0 Å². The Kier molecular flexibility index (Phi) is 3.46. The second kappa shape index (κ2) is 4.93.